The van der Waals surface area contributed by atoms with Crippen molar-refractivity contribution >= 4 is 23.1 Å². The Morgan fingerprint density at radius 1 is 0.935 bits per heavy atom. The van der Waals surface area contributed by atoms with Crippen molar-refractivity contribution < 1.29 is 28.9 Å². The topological polar surface area (TPSA) is 88.5 Å². The van der Waals surface area contributed by atoms with Crippen molar-refractivity contribution in [1.29, 1.82) is 0 Å². The summed E-state index contributed by atoms with van der Waals surface area (Å²) in [4.78, 5) is 29.6. The van der Waals surface area contributed by atoms with Crippen LogP contribution in [-0.2, 0) is 9.59 Å². The fourth-order valence-electron chi connectivity index (χ4n) is 3.43. The first kappa shape index (κ1) is 22.2. The molecule has 1 N–H and O–H groups in total. The van der Waals surface area contributed by atoms with E-state index in [2.05, 4.69) is 0 Å². The van der Waals surface area contributed by atoms with Crippen molar-refractivity contribution in [1.82, 2.24) is 4.90 Å². The van der Waals surface area contributed by atoms with E-state index in [1.165, 1.54) is 14.2 Å². The maximum Gasteiger partial charge on any atom is 0.282 e. The maximum absolute atomic E-state index is 13.5. The molecule has 0 unspecified atom stereocenters. The van der Waals surface area contributed by atoms with Crippen molar-refractivity contribution in [3.63, 3.8) is 0 Å². The quantitative estimate of drug-likeness (QED) is 0.616. The van der Waals surface area contributed by atoms with Crippen LogP contribution in [0.15, 0.2) is 48.2 Å². The molecule has 164 valence electrons. The minimum Gasteiger partial charge on any atom is -0.497 e. The van der Waals surface area contributed by atoms with Crippen molar-refractivity contribution in [2.24, 2.45) is 0 Å². The predicted molar refractivity (Wildman–Crippen MR) is 116 cm³/mol. The monoisotopic (exact) mass is 426 g/mol. The Morgan fingerprint density at radius 3 is 2.06 bits per heavy atom. The van der Waals surface area contributed by atoms with Gasteiger partial charge < -0.3 is 24.2 Å². The zero-order valence-corrected chi connectivity index (χ0v) is 18.0. The van der Waals surface area contributed by atoms with Crippen LogP contribution in [0.5, 0.6) is 17.2 Å². The molecule has 0 saturated carbocycles. The minimum absolute atomic E-state index is 0.162. The number of aliphatic hydroxyl groups is 1. The summed E-state index contributed by atoms with van der Waals surface area (Å²) in [6.07, 6.45) is 0. The van der Waals surface area contributed by atoms with E-state index >= 15 is 0 Å². The summed E-state index contributed by atoms with van der Waals surface area (Å²) in [5.41, 5.74) is 1.39. The van der Waals surface area contributed by atoms with Crippen LogP contribution in [0.3, 0.4) is 0 Å². The SMILES string of the molecule is CCOc1ccc(C2=C(N(C)CCO)C(=O)N(c3cc(OC)cc(OC)c3)C2=O)cc1. The van der Waals surface area contributed by atoms with Crippen LogP contribution >= 0.6 is 0 Å². The van der Waals surface area contributed by atoms with Gasteiger partial charge in [0.15, 0.2) is 0 Å². The fraction of sp³-hybridized carbons (Fsp3) is 0.304. The van der Waals surface area contributed by atoms with Crippen LogP contribution in [-0.4, -0.2) is 62.8 Å². The van der Waals surface area contributed by atoms with E-state index in [0.717, 1.165) is 4.90 Å². The molecule has 2 aromatic rings. The molecule has 8 heteroatoms. The standard InChI is InChI=1S/C23H26N2O6/c1-5-31-17-8-6-15(7-9-17)20-21(24(2)10-11-26)23(28)25(22(20)27)16-12-18(29-3)14-19(13-16)30-4/h6-9,12-14,26H,5,10-11H2,1-4H3. The lowest BCUT2D eigenvalue weighted by atomic mass is 10.0. The highest BCUT2D eigenvalue weighted by atomic mass is 16.5. The molecular formula is C23H26N2O6. The van der Waals surface area contributed by atoms with Gasteiger partial charge in [-0.1, -0.05) is 12.1 Å². The molecule has 2 amide bonds. The van der Waals surface area contributed by atoms with E-state index in [9.17, 15) is 14.7 Å². The zero-order valence-electron chi connectivity index (χ0n) is 18.0. The van der Waals surface area contributed by atoms with E-state index in [0.29, 0.717) is 35.1 Å². The molecule has 8 nitrogen and oxygen atoms in total. The van der Waals surface area contributed by atoms with Gasteiger partial charge in [-0.25, -0.2) is 4.90 Å². The van der Waals surface area contributed by atoms with E-state index in [1.54, 1.807) is 54.4 Å². The Morgan fingerprint density at radius 2 is 1.55 bits per heavy atom. The Balaban J connectivity index is 2.10. The number of carbonyl (C=O) groups excluding carboxylic acids is 2. The van der Waals surface area contributed by atoms with Crippen LogP contribution in [0, 0.1) is 0 Å². The highest BCUT2D eigenvalue weighted by Gasteiger charge is 2.42. The van der Waals surface area contributed by atoms with Gasteiger partial charge in [-0.05, 0) is 24.6 Å². The molecule has 1 aliphatic heterocycles. The number of rotatable bonds is 9. The highest BCUT2D eigenvalue weighted by molar-refractivity contribution is 6.45. The number of ether oxygens (including phenoxy) is 3. The number of imide groups is 1. The summed E-state index contributed by atoms with van der Waals surface area (Å²) in [6, 6.07) is 11.9. The van der Waals surface area contributed by atoms with E-state index < -0.39 is 11.8 Å². The second-order valence-electron chi connectivity index (χ2n) is 6.84. The first-order valence-corrected chi connectivity index (χ1v) is 9.86. The van der Waals surface area contributed by atoms with E-state index in [4.69, 9.17) is 14.2 Å². The van der Waals surface area contributed by atoms with Crippen molar-refractivity contribution in [2.75, 3.05) is 45.9 Å². The Kier molecular flexibility index (Phi) is 6.81. The molecule has 0 aromatic heterocycles. The molecule has 0 aliphatic carbocycles. The third-order valence-corrected chi connectivity index (χ3v) is 4.92. The summed E-state index contributed by atoms with van der Waals surface area (Å²) in [5.74, 6) is 0.622. The molecule has 31 heavy (non-hydrogen) atoms. The molecule has 0 radical (unpaired) electrons. The van der Waals surface area contributed by atoms with Gasteiger partial charge in [0.25, 0.3) is 11.8 Å². The zero-order chi connectivity index (χ0) is 22.5. The third-order valence-electron chi connectivity index (χ3n) is 4.92. The average molecular weight is 426 g/mol. The van der Waals surface area contributed by atoms with E-state index in [1.807, 2.05) is 6.92 Å². The van der Waals surface area contributed by atoms with E-state index in [-0.39, 0.29) is 24.4 Å². The lowest BCUT2D eigenvalue weighted by molar-refractivity contribution is -0.120. The molecule has 0 spiro atoms. The summed E-state index contributed by atoms with van der Waals surface area (Å²) >= 11 is 0. The van der Waals surface area contributed by atoms with Gasteiger partial charge in [0, 0.05) is 31.8 Å². The van der Waals surface area contributed by atoms with Crippen LogP contribution in [0.25, 0.3) is 5.57 Å². The van der Waals surface area contributed by atoms with Gasteiger partial charge in [-0.2, -0.15) is 0 Å². The second kappa shape index (κ2) is 9.53. The van der Waals surface area contributed by atoms with Crippen LogP contribution in [0.4, 0.5) is 5.69 Å². The van der Waals surface area contributed by atoms with Crippen molar-refractivity contribution in [3.05, 3.63) is 53.7 Å². The summed E-state index contributed by atoms with van der Waals surface area (Å²) in [6.45, 7) is 2.45. The second-order valence-corrected chi connectivity index (χ2v) is 6.84. The van der Waals surface area contributed by atoms with Gasteiger partial charge >= 0.3 is 0 Å². The summed E-state index contributed by atoms with van der Waals surface area (Å²) < 4.78 is 16.1. The molecule has 2 aromatic carbocycles. The number of benzene rings is 2. The van der Waals surface area contributed by atoms with Gasteiger partial charge in [-0.3, -0.25) is 9.59 Å². The van der Waals surface area contributed by atoms with Crippen molar-refractivity contribution in [2.45, 2.75) is 6.92 Å². The number of amides is 2. The number of nitrogens with zero attached hydrogens (tertiary/aromatic N) is 2. The third kappa shape index (κ3) is 4.34. The normalized spacial score (nSPS) is 13.6. The summed E-state index contributed by atoms with van der Waals surface area (Å²) in [5, 5.41) is 9.40. The number of aliphatic hydroxyl groups excluding tert-OH is 1. The fourth-order valence-corrected chi connectivity index (χ4v) is 3.43. The lowest BCUT2D eigenvalue weighted by Crippen LogP contribution is -2.34. The molecule has 1 heterocycles. The number of carbonyl (C=O) groups is 2. The lowest BCUT2D eigenvalue weighted by Gasteiger charge is -2.21. The van der Waals surface area contributed by atoms with Gasteiger partial charge in [0.2, 0.25) is 0 Å². The molecule has 0 saturated heterocycles. The maximum atomic E-state index is 13.5. The van der Waals surface area contributed by atoms with Gasteiger partial charge in [0.05, 0.1) is 38.7 Å². The van der Waals surface area contributed by atoms with Crippen LogP contribution in [0.1, 0.15) is 12.5 Å². The van der Waals surface area contributed by atoms with Crippen molar-refractivity contribution in [3.8, 4) is 17.2 Å². The number of anilines is 1. The van der Waals surface area contributed by atoms with Crippen LogP contribution in [0.2, 0.25) is 0 Å². The molecule has 3 rings (SSSR count). The van der Waals surface area contributed by atoms with Gasteiger partial charge in [0.1, 0.15) is 22.9 Å². The van der Waals surface area contributed by atoms with Crippen LogP contribution < -0.4 is 19.1 Å². The summed E-state index contributed by atoms with van der Waals surface area (Å²) in [7, 11) is 4.66. The molecule has 1 aliphatic rings. The number of likely N-dealkylation sites (N-methyl/N-ethyl adjacent to an activating group) is 1. The number of hydrogen-bond acceptors (Lipinski definition) is 7. The highest BCUT2D eigenvalue weighted by Crippen LogP contribution is 2.37. The average Bonchev–Trinajstić information content (AvgIpc) is 3.04. The smallest absolute Gasteiger partial charge is 0.282 e. The Hall–Kier alpha value is -3.52. The molecule has 0 fully saturated rings. The predicted octanol–water partition coefficient (Wildman–Crippen LogP) is 2.31. The van der Waals surface area contributed by atoms with Gasteiger partial charge in [-0.15, -0.1) is 0 Å². The first-order chi connectivity index (χ1) is 14.9. The Labute approximate surface area is 181 Å². The molecule has 0 bridgehead atoms. The minimum atomic E-state index is -0.486. The molecule has 0 atom stereocenters. The molecular weight excluding hydrogens is 400 g/mol. The number of methoxy groups -OCH3 is 2. The first-order valence-electron chi connectivity index (χ1n) is 9.86. The largest absolute Gasteiger partial charge is 0.497 e. The Bertz CT molecular complexity index is 977. The number of hydrogen-bond donors (Lipinski definition) is 1.